The van der Waals surface area contributed by atoms with E-state index in [0.29, 0.717) is 0 Å². The number of ether oxygens (including phenoxy) is 2. The number of benzene rings is 3. The van der Waals surface area contributed by atoms with Crippen LogP contribution in [0.3, 0.4) is 0 Å². The summed E-state index contributed by atoms with van der Waals surface area (Å²) in [5.41, 5.74) is 5.87. The van der Waals surface area contributed by atoms with Crippen molar-refractivity contribution >= 4 is 34.8 Å². The molecule has 2 aromatic heterocycles. The third-order valence-electron chi connectivity index (χ3n) is 12.1. The van der Waals surface area contributed by atoms with Crippen molar-refractivity contribution in [3.63, 3.8) is 0 Å². The lowest BCUT2D eigenvalue weighted by Crippen LogP contribution is -2.52. The van der Waals surface area contributed by atoms with Crippen LogP contribution in [-0.4, -0.2) is 92.1 Å². The number of imidazole rings is 2. The molecule has 14 heteroatoms. The van der Waals surface area contributed by atoms with Gasteiger partial charge in [-0.05, 0) is 91.0 Å². The van der Waals surface area contributed by atoms with Crippen molar-refractivity contribution < 1.29 is 28.7 Å². The SMILES string of the molecule is COC(=O)N[C@H](C(=O)N1[C@@H](C)CC[C@H]1c1ncc(-c2ccc(-c3ccc4cc(-c5cnc([C@@H]6CC[C@H](C)N6C(=O)[C@@H](NC(=O)OC)C(C)C)[nH]5)ccc4c3)cc2)[nH]1)C(C)C. The lowest BCUT2D eigenvalue weighted by atomic mass is 9.98. The Morgan fingerprint density at radius 1 is 0.600 bits per heavy atom. The third kappa shape index (κ3) is 8.45. The van der Waals surface area contributed by atoms with E-state index in [-0.39, 0.29) is 47.8 Å². The molecule has 2 saturated heterocycles. The summed E-state index contributed by atoms with van der Waals surface area (Å²) in [5.74, 6) is 0.935. The quantitative estimate of drug-likeness (QED) is 0.103. The first-order valence-corrected chi connectivity index (χ1v) is 20.9. The number of rotatable bonds is 11. The number of carbonyl (C=O) groups is 4. The second kappa shape index (κ2) is 17.6. The van der Waals surface area contributed by atoms with Gasteiger partial charge in [0.2, 0.25) is 11.8 Å². The summed E-state index contributed by atoms with van der Waals surface area (Å²) in [6, 6.07) is 19.2. The lowest BCUT2D eigenvalue weighted by molar-refractivity contribution is -0.138. The minimum atomic E-state index is -0.705. The maximum absolute atomic E-state index is 13.8. The number of alkyl carbamates (subject to hydrolysis) is 2. The van der Waals surface area contributed by atoms with Gasteiger partial charge in [0.25, 0.3) is 0 Å². The highest BCUT2D eigenvalue weighted by Gasteiger charge is 2.42. The molecule has 7 rings (SSSR count). The van der Waals surface area contributed by atoms with Gasteiger partial charge in [0.05, 0.1) is 50.1 Å². The third-order valence-corrected chi connectivity index (χ3v) is 12.1. The molecule has 316 valence electrons. The highest BCUT2D eigenvalue weighted by Crippen LogP contribution is 2.39. The van der Waals surface area contributed by atoms with Gasteiger partial charge in [-0.2, -0.15) is 0 Å². The Morgan fingerprint density at radius 3 is 1.45 bits per heavy atom. The Morgan fingerprint density at radius 2 is 1.00 bits per heavy atom. The Hall–Kier alpha value is -6.18. The van der Waals surface area contributed by atoms with Crippen LogP contribution >= 0.6 is 0 Å². The van der Waals surface area contributed by atoms with Gasteiger partial charge in [-0.15, -0.1) is 0 Å². The van der Waals surface area contributed by atoms with E-state index >= 15 is 0 Å². The number of carbonyl (C=O) groups excluding carboxylic acids is 4. The van der Waals surface area contributed by atoms with Crippen molar-refractivity contribution in [2.24, 2.45) is 11.8 Å². The van der Waals surface area contributed by atoms with Crippen molar-refractivity contribution in [1.29, 1.82) is 0 Å². The van der Waals surface area contributed by atoms with Gasteiger partial charge in [-0.3, -0.25) is 9.59 Å². The van der Waals surface area contributed by atoms with Crippen LogP contribution in [-0.2, 0) is 19.1 Å². The molecule has 4 N–H and O–H groups in total. The van der Waals surface area contributed by atoms with Crippen LogP contribution in [0.5, 0.6) is 0 Å². The number of nitrogens with zero attached hydrogens (tertiary/aromatic N) is 4. The summed E-state index contributed by atoms with van der Waals surface area (Å²) in [6.07, 6.45) is 5.60. The van der Waals surface area contributed by atoms with Crippen molar-refractivity contribution in [3.05, 3.63) is 84.7 Å². The average Bonchev–Trinajstić information content (AvgIpc) is 4.08. The van der Waals surface area contributed by atoms with Crippen LogP contribution < -0.4 is 10.6 Å². The van der Waals surface area contributed by atoms with Crippen LogP contribution in [0.1, 0.15) is 91.0 Å². The molecule has 4 heterocycles. The molecule has 2 aliphatic rings. The predicted octanol–water partition coefficient (Wildman–Crippen LogP) is 8.15. The highest BCUT2D eigenvalue weighted by atomic mass is 16.5. The second-order valence-corrected chi connectivity index (χ2v) is 16.8. The molecule has 2 fully saturated rings. The molecule has 0 spiro atoms. The molecule has 0 unspecified atom stereocenters. The first-order valence-electron chi connectivity index (χ1n) is 20.9. The Balaban J connectivity index is 1.04. The molecule has 3 aromatic carbocycles. The summed E-state index contributed by atoms with van der Waals surface area (Å²) >= 11 is 0. The molecule has 0 bridgehead atoms. The smallest absolute Gasteiger partial charge is 0.407 e. The van der Waals surface area contributed by atoms with E-state index in [9.17, 15) is 19.2 Å². The van der Waals surface area contributed by atoms with Gasteiger partial charge in [0, 0.05) is 17.6 Å². The molecule has 5 aromatic rings. The maximum Gasteiger partial charge on any atom is 0.407 e. The fraction of sp³-hybridized carbons (Fsp3) is 0.435. The predicted molar refractivity (Wildman–Crippen MR) is 229 cm³/mol. The van der Waals surface area contributed by atoms with Crippen molar-refractivity contribution in [2.75, 3.05) is 14.2 Å². The number of hydrogen-bond donors (Lipinski definition) is 4. The van der Waals surface area contributed by atoms with Gasteiger partial charge in [0.15, 0.2) is 0 Å². The summed E-state index contributed by atoms with van der Waals surface area (Å²) in [4.78, 5) is 71.8. The van der Waals surface area contributed by atoms with Crippen LogP contribution in [0.2, 0.25) is 0 Å². The number of aromatic amines is 2. The maximum atomic E-state index is 13.8. The van der Waals surface area contributed by atoms with E-state index in [4.69, 9.17) is 19.4 Å². The first kappa shape index (κ1) is 42.0. The summed E-state index contributed by atoms with van der Waals surface area (Å²) < 4.78 is 9.59. The first-order chi connectivity index (χ1) is 28.8. The number of amides is 4. The number of hydrogen-bond acceptors (Lipinski definition) is 8. The molecular weight excluding hydrogens is 761 g/mol. The number of H-pyrrole nitrogens is 2. The highest BCUT2D eigenvalue weighted by molar-refractivity contribution is 5.91. The minimum Gasteiger partial charge on any atom is -0.453 e. The van der Waals surface area contributed by atoms with Crippen LogP contribution in [0, 0.1) is 11.8 Å². The zero-order chi connectivity index (χ0) is 42.8. The topological polar surface area (TPSA) is 175 Å². The molecule has 0 saturated carbocycles. The normalized spacial score (nSPS) is 20.1. The molecule has 0 radical (unpaired) electrons. The Kier molecular flexibility index (Phi) is 12.3. The summed E-state index contributed by atoms with van der Waals surface area (Å²) in [5, 5.41) is 7.63. The van der Waals surface area contributed by atoms with Gasteiger partial charge < -0.3 is 39.9 Å². The van der Waals surface area contributed by atoms with Crippen LogP contribution in [0.15, 0.2) is 73.1 Å². The average molecular weight is 817 g/mol. The van der Waals surface area contributed by atoms with Crippen LogP contribution in [0.4, 0.5) is 9.59 Å². The van der Waals surface area contributed by atoms with E-state index in [1.54, 1.807) is 0 Å². The molecular formula is C46H56N8O6. The Labute approximate surface area is 350 Å². The zero-order valence-electron chi connectivity index (χ0n) is 35.6. The molecule has 4 amide bonds. The van der Waals surface area contributed by atoms with Gasteiger partial charge in [0.1, 0.15) is 23.7 Å². The van der Waals surface area contributed by atoms with Crippen molar-refractivity contribution in [3.8, 4) is 33.6 Å². The van der Waals surface area contributed by atoms with E-state index in [1.807, 2.05) is 63.7 Å². The van der Waals surface area contributed by atoms with E-state index < -0.39 is 24.3 Å². The van der Waals surface area contributed by atoms with Crippen LogP contribution in [0.25, 0.3) is 44.4 Å². The summed E-state index contributed by atoms with van der Waals surface area (Å²) in [7, 11) is 2.59. The van der Waals surface area contributed by atoms with Crippen molar-refractivity contribution in [1.82, 2.24) is 40.4 Å². The number of nitrogens with one attached hydrogen (secondary N) is 4. The number of methoxy groups -OCH3 is 2. The second-order valence-electron chi connectivity index (χ2n) is 16.8. The monoisotopic (exact) mass is 816 g/mol. The van der Waals surface area contributed by atoms with E-state index in [0.717, 1.165) is 81.7 Å². The minimum absolute atomic E-state index is 0.000337. The van der Waals surface area contributed by atoms with Gasteiger partial charge >= 0.3 is 12.2 Å². The standard InChI is InChI=1S/C46H56N8O6/c1-25(2)39(51-45(57)59-7)43(55)53-27(5)9-19-37(53)41-47-23-35(49-41)30-13-11-29(12-14-30)31-15-16-33-22-34(18-17-32(33)21-31)36-24-48-42(50-36)38-20-10-28(6)54(38)44(56)40(26(3)4)52-46(58)60-8/h11-18,21-28,37-40H,9-10,19-20H2,1-8H3,(H,47,49)(H,48,50)(H,51,57)(H,52,58)/t27-,28-,37-,38-,39-,40-/m0/s1. The zero-order valence-corrected chi connectivity index (χ0v) is 35.6. The van der Waals surface area contributed by atoms with Gasteiger partial charge in [-0.1, -0.05) is 76.2 Å². The van der Waals surface area contributed by atoms with E-state index in [1.165, 1.54) is 14.2 Å². The van der Waals surface area contributed by atoms with Gasteiger partial charge in [-0.25, -0.2) is 19.6 Å². The molecule has 2 aliphatic heterocycles. The molecule has 14 nitrogen and oxygen atoms in total. The van der Waals surface area contributed by atoms with E-state index in [2.05, 4.69) is 81.3 Å². The number of likely N-dealkylation sites (tertiary alicyclic amines) is 2. The molecule has 0 aliphatic carbocycles. The lowest BCUT2D eigenvalue weighted by Gasteiger charge is -2.32. The molecule has 6 atom stereocenters. The largest absolute Gasteiger partial charge is 0.453 e. The number of fused-ring (bicyclic) bond motifs is 1. The molecule has 60 heavy (non-hydrogen) atoms. The fourth-order valence-corrected chi connectivity index (χ4v) is 8.71. The Bertz CT molecular complexity index is 2350. The number of aromatic nitrogens is 4. The fourth-order valence-electron chi connectivity index (χ4n) is 8.71. The van der Waals surface area contributed by atoms with Crippen molar-refractivity contribution in [2.45, 2.75) is 103 Å². The summed E-state index contributed by atoms with van der Waals surface area (Å²) in [6.45, 7) is 11.7.